The maximum atomic E-state index is 14.3. The lowest BCUT2D eigenvalue weighted by Gasteiger charge is -2.14. The summed E-state index contributed by atoms with van der Waals surface area (Å²) >= 11 is 0. The zero-order valence-electron chi connectivity index (χ0n) is 16.6. The Morgan fingerprint density at radius 2 is 1.78 bits per heavy atom. The highest BCUT2D eigenvalue weighted by Gasteiger charge is 2.17. The molecule has 1 atom stereocenters. The second-order valence-electron chi connectivity index (χ2n) is 6.97. The number of aliphatic hydroxyl groups excluding tert-OH is 1. The highest BCUT2D eigenvalue weighted by Crippen LogP contribution is 2.19. The molecule has 4 aromatic rings. The fourth-order valence-electron chi connectivity index (χ4n) is 3.20. The van der Waals surface area contributed by atoms with E-state index in [4.69, 9.17) is 0 Å². The largest absolute Gasteiger partial charge is 0.386 e. The summed E-state index contributed by atoms with van der Waals surface area (Å²) in [6, 6.07) is 14.4. The zero-order chi connectivity index (χ0) is 22.7. The molecule has 0 radical (unpaired) electrons. The van der Waals surface area contributed by atoms with Gasteiger partial charge in [0, 0.05) is 23.9 Å². The SMILES string of the molecule is O=C(NC[C@@H](O)c1ccccc1F)c1ccc(F)c(NC(=O)c2cnc3ccccn23)c1. The number of imidazole rings is 1. The Morgan fingerprint density at radius 1 is 1.00 bits per heavy atom. The van der Waals surface area contributed by atoms with Crippen LogP contribution in [-0.2, 0) is 0 Å². The molecule has 0 bridgehead atoms. The number of anilines is 1. The van der Waals surface area contributed by atoms with Crippen LogP contribution in [0.3, 0.4) is 0 Å². The molecule has 0 aliphatic heterocycles. The molecular weight excluding hydrogens is 418 g/mol. The van der Waals surface area contributed by atoms with Crippen LogP contribution in [-0.4, -0.2) is 32.9 Å². The topological polar surface area (TPSA) is 95.7 Å². The molecule has 2 aromatic carbocycles. The first kappa shape index (κ1) is 21.1. The van der Waals surface area contributed by atoms with Gasteiger partial charge >= 0.3 is 0 Å². The number of carbonyl (C=O) groups is 2. The fraction of sp³-hybridized carbons (Fsp3) is 0.0870. The van der Waals surface area contributed by atoms with E-state index in [0.717, 1.165) is 6.07 Å². The van der Waals surface area contributed by atoms with Crippen molar-refractivity contribution in [1.29, 1.82) is 0 Å². The van der Waals surface area contributed by atoms with Gasteiger partial charge in [-0.25, -0.2) is 13.8 Å². The summed E-state index contributed by atoms with van der Waals surface area (Å²) in [5.41, 5.74) is 0.666. The standard InChI is InChI=1S/C23H18F2N4O3/c24-16-6-2-1-5-15(16)20(30)13-27-22(31)14-8-9-17(25)18(11-14)28-23(32)19-12-26-21-7-3-4-10-29(19)21/h1-12,20,30H,13H2,(H,27,31)(H,28,32)/t20-/m1/s1. The third kappa shape index (κ3) is 4.33. The van der Waals surface area contributed by atoms with Crippen molar-refractivity contribution < 1.29 is 23.5 Å². The van der Waals surface area contributed by atoms with Gasteiger partial charge in [-0.2, -0.15) is 0 Å². The number of hydrogen-bond acceptors (Lipinski definition) is 4. The zero-order valence-corrected chi connectivity index (χ0v) is 16.6. The maximum Gasteiger partial charge on any atom is 0.274 e. The van der Waals surface area contributed by atoms with Crippen molar-refractivity contribution in [2.24, 2.45) is 0 Å². The van der Waals surface area contributed by atoms with Crippen LogP contribution in [0.2, 0.25) is 0 Å². The molecular formula is C23H18F2N4O3. The number of hydrogen-bond donors (Lipinski definition) is 3. The van der Waals surface area contributed by atoms with E-state index in [0.29, 0.717) is 5.65 Å². The third-order valence-electron chi connectivity index (χ3n) is 4.85. The van der Waals surface area contributed by atoms with Gasteiger partial charge in [0.2, 0.25) is 0 Å². The van der Waals surface area contributed by atoms with Crippen LogP contribution < -0.4 is 10.6 Å². The van der Waals surface area contributed by atoms with Crippen LogP contribution in [0.25, 0.3) is 5.65 Å². The maximum absolute atomic E-state index is 14.3. The van der Waals surface area contributed by atoms with Crippen molar-refractivity contribution in [2.45, 2.75) is 6.10 Å². The highest BCUT2D eigenvalue weighted by molar-refractivity contribution is 6.04. The molecule has 4 rings (SSSR count). The van der Waals surface area contributed by atoms with E-state index in [1.165, 1.54) is 36.5 Å². The molecule has 0 saturated heterocycles. The molecule has 0 fully saturated rings. The Kier molecular flexibility index (Phi) is 5.91. The van der Waals surface area contributed by atoms with Gasteiger partial charge in [-0.05, 0) is 36.4 Å². The number of amides is 2. The van der Waals surface area contributed by atoms with Crippen molar-refractivity contribution in [3.63, 3.8) is 0 Å². The molecule has 2 heterocycles. The van der Waals surface area contributed by atoms with Gasteiger partial charge in [0.15, 0.2) is 0 Å². The number of pyridine rings is 1. The lowest BCUT2D eigenvalue weighted by Crippen LogP contribution is -2.29. The molecule has 0 unspecified atom stereocenters. The number of nitrogens with zero attached hydrogens (tertiary/aromatic N) is 2. The number of halogens is 2. The first-order valence-corrected chi connectivity index (χ1v) is 9.67. The fourth-order valence-corrected chi connectivity index (χ4v) is 3.20. The number of rotatable bonds is 6. The Bertz CT molecular complexity index is 1310. The van der Waals surface area contributed by atoms with E-state index in [2.05, 4.69) is 15.6 Å². The molecule has 9 heteroatoms. The van der Waals surface area contributed by atoms with Gasteiger partial charge in [-0.15, -0.1) is 0 Å². The molecule has 0 aliphatic rings. The highest BCUT2D eigenvalue weighted by atomic mass is 19.1. The molecule has 7 nitrogen and oxygen atoms in total. The number of nitrogens with one attached hydrogen (secondary N) is 2. The minimum absolute atomic E-state index is 0.0490. The van der Waals surface area contributed by atoms with Gasteiger partial charge < -0.3 is 15.7 Å². The van der Waals surface area contributed by atoms with E-state index < -0.39 is 29.6 Å². The quantitative estimate of drug-likeness (QED) is 0.432. The molecule has 2 amide bonds. The Balaban J connectivity index is 1.46. The van der Waals surface area contributed by atoms with Crippen molar-refractivity contribution >= 4 is 23.1 Å². The van der Waals surface area contributed by atoms with Crippen LogP contribution in [0.5, 0.6) is 0 Å². The van der Waals surface area contributed by atoms with Crippen LogP contribution in [0.4, 0.5) is 14.5 Å². The summed E-state index contributed by atoms with van der Waals surface area (Å²) in [6.07, 6.45) is 1.76. The Morgan fingerprint density at radius 3 is 2.59 bits per heavy atom. The Hall–Kier alpha value is -4.11. The second-order valence-corrected chi connectivity index (χ2v) is 6.97. The summed E-state index contributed by atoms with van der Waals surface area (Å²) in [4.78, 5) is 29.2. The molecule has 3 N–H and O–H groups in total. The summed E-state index contributed by atoms with van der Waals surface area (Å²) < 4.78 is 29.6. The summed E-state index contributed by atoms with van der Waals surface area (Å²) in [6.45, 7) is -0.249. The van der Waals surface area contributed by atoms with Crippen molar-refractivity contribution in [1.82, 2.24) is 14.7 Å². The number of aliphatic hydroxyl groups is 1. The number of carbonyl (C=O) groups excluding carboxylic acids is 2. The number of fused-ring (bicyclic) bond motifs is 1. The molecule has 0 spiro atoms. The molecule has 162 valence electrons. The predicted molar refractivity (Wildman–Crippen MR) is 113 cm³/mol. The van der Waals surface area contributed by atoms with Crippen LogP contribution in [0, 0.1) is 11.6 Å². The van der Waals surface area contributed by atoms with Crippen LogP contribution >= 0.6 is 0 Å². The van der Waals surface area contributed by atoms with Gasteiger partial charge in [0.1, 0.15) is 23.0 Å². The smallest absolute Gasteiger partial charge is 0.274 e. The summed E-state index contributed by atoms with van der Waals surface area (Å²) in [5, 5.41) is 15.0. The van der Waals surface area contributed by atoms with Crippen molar-refractivity contribution in [2.75, 3.05) is 11.9 Å². The van der Waals surface area contributed by atoms with E-state index >= 15 is 0 Å². The minimum Gasteiger partial charge on any atom is -0.386 e. The molecule has 32 heavy (non-hydrogen) atoms. The van der Waals surface area contributed by atoms with Gasteiger partial charge in [-0.3, -0.25) is 14.0 Å². The Labute approximate surface area is 181 Å². The van der Waals surface area contributed by atoms with Crippen LogP contribution in [0.15, 0.2) is 73.1 Å². The molecule has 0 saturated carbocycles. The first-order chi connectivity index (χ1) is 15.4. The van der Waals surface area contributed by atoms with Gasteiger partial charge in [0.05, 0.1) is 18.0 Å². The third-order valence-corrected chi connectivity index (χ3v) is 4.85. The summed E-state index contributed by atoms with van der Waals surface area (Å²) in [7, 11) is 0. The van der Waals surface area contributed by atoms with E-state index in [1.54, 1.807) is 34.9 Å². The molecule has 2 aromatic heterocycles. The molecule has 0 aliphatic carbocycles. The number of aromatic nitrogens is 2. The first-order valence-electron chi connectivity index (χ1n) is 9.67. The van der Waals surface area contributed by atoms with Crippen molar-refractivity contribution in [3.8, 4) is 0 Å². The predicted octanol–water partition coefficient (Wildman–Crippen LogP) is 3.33. The van der Waals surface area contributed by atoms with Crippen LogP contribution in [0.1, 0.15) is 32.5 Å². The summed E-state index contributed by atoms with van der Waals surface area (Å²) in [5.74, 6) is -2.54. The second kappa shape index (κ2) is 8.94. The van der Waals surface area contributed by atoms with Crippen molar-refractivity contribution in [3.05, 3.63) is 102 Å². The van der Waals surface area contributed by atoms with E-state index in [9.17, 15) is 23.5 Å². The average molecular weight is 436 g/mol. The monoisotopic (exact) mass is 436 g/mol. The lowest BCUT2D eigenvalue weighted by atomic mass is 10.1. The minimum atomic E-state index is -1.25. The van der Waals surface area contributed by atoms with Gasteiger partial charge in [0.25, 0.3) is 11.8 Å². The van der Waals surface area contributed by atoms with Gasteiger partial charge in [-0.1, -0.05) is 24.3 Å². The number of benzene rings is 2. The normalized spacial score (nSPS) is 11.8. The lowest BCUT2D eigenvalue weighted by molar-refractivity contribution is 0.0913. The van der Waals surface area contributed by atoms with E-state index in [-0.39, 0.29) is 29.1 Å². The average Bonchev–Trinajstić information content (AvgIpc) is 3.23. The van der Waals surface area contributed by atoms with E-state index in [1.807, 2.05) is 0 Å².